The number of unbranched alkanes of at least 4 members (excludes halogenated alkanes) is 1. The van der Waals surface area contributed by atoms with Crippen molar-refractivity contribution in [3.05, 3.63) is 34.2 Å². The minimum absolute atomic E-state index is 0.0188. The van der Waals surface area contributed by atoms with Gasteiger partial charge in [0.15, 0.2) is 0 Å². The van der Waals surface area contributed by atoms with Crippen LogP contribution >= 0.6 is 0 Å². The Balaban J connectivity index is 2.08. The second-order valence-corrected chi connectivity index (χ2v) is 11.4. The number of hydrogen-bond donors (Lipinski definition) is 2. The van der Waals surface area contributed by atoms with Gasteiger partial charge in [0.05, 0.1) is 24.2 Å². The third-order valence-corrected chi connectivity index (χ3v) is 6.41. The molecule has 2 amide bonds. The average molecular weight is 514 g/mol. The molecule has 8 nitrogen and oxygen atoms in total. The molecule has 8 heteroatoms. The van der Waals surface area contributed by atoms with Crippen LogP contribution in [0.1, 0.15) is 85.8 Å². The number of carbonyl (C=O) groups excluding carboxylic acids is 2. The van der Waals surface area contributed by atoms with E-state index in [-0.39, 0.29) is 29.8 Å². The number of nitrogens with one attached hydrogen (secondary N) is 2. The fraction of sp³-hybridized carbons (Fsp3) is 0.621. The first kappa shape index (κ1) is 28.5. The predicted octanol–water partition coefficient (Wildman–Crippen LogP) is 5.99. The zero-order chi connectivity index (χ0) is 27.2. The number of benzene rings is 1. The first-order valence-electron chi connectivity index (χ1n) is 13.6. The van der Waals surface area contributed by atoms with Crippen molar-refractivity contribution in [1.29, 1.82) is 0 Å². The molecule has 1 aliphatic carbocycles. The number of hydrogen-bond acceptors (Lipinski definition) is 5. The zero-order valence-electron chi connectivity index (χ0n) is 23.2. The molecule has 37 heavy (non-hydrogen) atoms. The molecule has 0 spiro atoms. The molecule has 0 bridgehead atoms. The van der Waals surface area contributed by atoms with Crippen molar-refractivity contribution in [3.8, 4) is 5.75 Å². The summed E-state index contributed by atoms with van der Waals surface area (Å²) < 4.78 is 13.4. The number of fused-ring (bicyclic) bond motifs is 1. The fourth-order valence-electron chi connectivity index (χ4n) is 4.66. The number of carbonyl (C=O) groups is 2. The molecule has 1 aromatic heterocycles. The molecule has 0 radical (unpaired) electrons. The SMILES string of the molecule is CCCCOc1c(CNC(=O)OC(C)(C)C)n(CC(C)C)c(=O)c2ccc(NC(=O)C3CCCC3)cc12. The van der Waals surface area contributed by atoms with E-state index in [1.54, 1.807) is 37.5 Å². The third kappa shape index (κ3) is 7.73. The maximum atomic E-state index is 13.7. The van der Waals surface area contributed by atoms with Gasteiger partial charge in [-0.25, -0.2) is 4.79 Å². The van der Waals surface area contributed by atoms with E-state index in [4.69, 9.17) is 9.47 Å². The summed E-state index contributed by atoms with van der Waals surface area (Å²) in [6, 6.07) is 5.36. The lowest BCUT2D eigenvalue weighted by Gasteiger charge is -2.23. The van der Waals surface area contributed by atoms with E-state index >= 15 is 0 Å². The monoisotopic (exact) mass is 513 g/mol. The Morgan fingerprint density at radius 2 is 1.84 bits per heavy atom. The van der Waals surface area contributed by atoms with Gasteiger partial charge in [0.1, 0.15) is 11.4 Å². The van der Waals surface area contributed by atoms with Crippen LogP contribution < -0.4 is 20.9 Å². The van der Waals surface area contributed by atoms with E-state index in [1.165, 1.54) is 0 Å². The van der Waals surface area contributed by atoms with Gasteiger partial charge in [0.2, 0.25) is 5.91 Å². The van der Waals surface area contributed by atoms with Crippen LogP contribution in [0.25, 0.3) is 10.8 Å². The first-order chi connectivity index (χ1) is 17.5. The van der Waals surface area contributed by atoms with Gasteiger partial charge in [0, 0.05) is 23.5 Å². The van der Waals surface area contributed by atoms with Crippen LogP contribution in [-0.4, -0.2) is 28.8 Å². The normalized spacial score (nSPS) is 14.2. The van der Waals surface area contributed by atoms with Crippen molar-refractivity contribution in [2.24, 2.45) is 11.8 Å². The number of amides is 2. The highest BCUT2D eigenvalue weighted by atomic mass is 16.6. The quantitative estimate of drug-likeness (QED) is 0.380. The number of pyridine rings is 1. The van der Waals surface area contributed by atoms with Gasteiger partial charge in [-0.2, -0.15) is 0 Å². The standard InChI is InChI=1S/C29H43N3O5/c1-7-8-15-36-25-23-16-21(31-26(33)20-11-9-10-12-20)13-14-22(23)27(34)32(18-19(2)3)24(25)17-30-28(35)37-29(4,5)6/h13-14,16,19-20H,7-12,15,17-18H2,1-6H3,(H,30,35)(H,31,33). The number of nitrogens with zero attached hydrogens (tertiary/aromatic N) is 1. The summed E-state index contributed by atoms with van der Waals surface area (Å²) in [5.74, 6) is 0.800. The van der Waals surface area contributed by atoms with Crippen LogP contribution in [0.15, 0.2) is 23.0 Å². The molecule has 0 atom stereocenters. The van der Waals surface area contributed by atoms with Crippen LogP contribution in [-0.2, 0) is 22.6 Å². The smallest absolute Gasteiger partial charge is 0.407 e. The Morgan fingerprint density at radius 3 is 2.46 bits per heavy atom. The van der Waals surface area contributed by atoms with Crippen LogP contribution in [0.3, 0.4) is 0 Å². The van der Waals surface area contributed by atoms with E-state index in [1.807, 2.05) is 19.9 Å². The molecular formula is C29H43N3O5. The van der Waals surface area contributed by atoms with Gasteiger partial charge in [-0.05, 0) is 64.2 Å². The van der Waals surface area contributed by atoms with E-state index in [9.17, 15) is 14.4 Å². The zero-order valence-corrected chi connectivity index (χ0v) is 23.2. The van der Waals surface area contributed by atoms with Crippen LogP contribution in [0.5, 0.6) is 5.75 Å². The lowest BCUT2D eigenvalue weighted by molar-refractivity contribution is -0.119. The van der Waals surface area contributed by atoms with Crippen molar-refractivity contribution in [1.82, 2.24) is 9.88 Å². The summed E-state index contributed by atoms with van der Waals surface area (Å²) in [6.45, 7) is 12.6. The van der Waals surface area contributed by atoms with Crippen molar-refractivity contribution >= 4 is 28.5 Å². The lowest BCUT2D eigenvalue weighted by Crippen LogP contribution is -2.35. The van der Waals surface area contributed by atoms with Gasteiger partial charge in [-0.3, -0.25) is 9.59 Å². The van der Waals surface area contributed by atoms with Crippen LogP contribution in [0.2, 0.25) is 0 Å². The van der Waals surface area contributed by atoms with E-state index in [0.717, 1.165) is 38.5 Å². The highest BCUT2D eigenvalue weighted by Crippen LogP contribution is 2.32. The van der Waals surface area contributed by atoms with Gasteiger partial charge in [-0.15, -0.1) is 0 Å². The Bertz CT molecular complexity index is 1160. The average Bonchev–Trinajstić information content (AvgIpc) is 3.35. The number of rotatable bonds is 10. The van der Waals surface area contributed by atoms with Crippen molar-refractivity contribution < 1.29 is 19.1 Å². The van der Waals surface area contributed by atoms with Crippen LogP contribution in [0, 0.1) is 11.8 Å². The maximum Gasteiger partial charge on any atom is 0.407 e. The molecule has 1 aromatic carbocycles. The van der Waals surface area contributed by atoms with Crippen LogP contribution in [0.4, 0.5) is 10.5 Å². The van der Waals surface area contributed by atoms with Gasteiger partial charge >= 0.3 is 6.09 Å². The number of ether oxygens (including phenoxy) is 2. The second-order valence-electron chi connectivity index (χ2n) is 11.4. The summed E-state index contributed by atoms with van der Waals surface area (Å²) in [7, 11) is 0. The van der Waals surface area contributed by atoms with Gasteiger partial charge < -0.3 is 24.7 Å². The molecule has 0 aliphatic heterocycles. The van der Waals surface area contributed by atoms with Gasteiger partial charge in [-0.1, -0.05) is 40.0 Å². The Morgan fingerprint density at radius 1 is 1.14 bits per heavy atom. The molecule has 1 saturated carbocycles. The van der Waals surface area contributed by atoms with E-state index in [0.29, 0.717) is 41.1 Å². The first-order valence-corrected chi connectivity index (χ1v) is 13.6. The molecule has 0 unspecified atom stereocenters. The summed E-state index contributed by atoms with van der Waals surface area (Å²) in [6.07, 6.45) is 5.22. The summed E-state index contributed by atoms with van der Waals surface area (Å²) in [5, 5.41) is 7.00. The number of anilines is 1. The van der Waals surface area contributed by atoms with E-state index in [2.05, 4.69) is 17.6 Å². The second kappa shape index (κ2) is 12.5. The highest BCUT2D eigenvalue weighted by molar-refractivity contribution is 5.97. The highest BCUT2D eigenvalue weighted by Gasteiger charge is 2.24. The van der Waals surface area contributed by atoms with Crippen molar-refractivity contribution in [2.75, 3.05) is 11.9 Å². The minimum Gasteiger partial charge on any atom is -0.491 e. The van der Waals surface area contributed by atoms with Gasteiger partial charge in [0.25, 0.3) is 5.56 Å². The molecule has 1 fully saturated rings. The molecule has 1 heterocycles. The Labute approximate surface area is 220 Å². The molecule has 3 rings (SSSR count). The number of aromatic nitrogens is 1. The topological polar surface area (TPSA) is 98.7 Å². The Hall–Kier alpha value is -3.03. The molecule has 2 aromatic rings. The Kier molecular flexibility index (Phi) is 9.62. The molecule has 204 valence electrons. The summed E-state index contributed by atoms with van der Waals surface area (Å²) in [4.78, 5) is 38.9. The fourth-order valence-corrected chi connectivity index (χ4v) is 4.66. The van der Waals surface area contributed by atoms with Crippen molar-refractivity contribution in [3.63, 3.8) is 0 Å². The molecule has 2 N–H and O–H groups in total. The molecular weight excluding hydrogens is 470 g/mol. The summed E-state index contributed by atoms with van der Waals surface area (Å²) in [5.41, 5.74) is 0.434. The predicted molar refractivity (Wildman–Crippen MR) is 147 cm³/mol. The maximum absolute atomic E-state index is 13.7. The molecule has 0 saturated heterocycles. The third-order valence-electron chi connectivity index (χ3n) is 6.41. The summed E-state index contributed by atoms with van der Waals surface area (Å²) >= 11 is 0. The number of alkyl carbamates (subject to hydrolysis) is 1. The minimum atomic E-state index is -0.641. The largest absolute Gasteiger partial charge is 0.491 e. The lowest BCUT2D eigenvalue weighted by atomic mass is 10.1. The molecule has 1 aliphatic rings. The van der Waals surface area contributed by atoms with E-state index < -0.39 is 11.7 Å². The van der Waals surface area contributed by atoms with Crippen molar-refractivity contribution in [2.45, 2.75) is 98.8 Å².